The van der Waals surface area contributed by atoms with Crippen LogP contribution in [-0.4, -0.2) is 47.6 Å². The zero-order valence-electron chi connectivity index (χ0n) is 11.2. The number of rotatable bonds is 2. The maximum Gasteiger partial charge on any atom is 0.139 e. The van der Waals surface area contributed by atoms with Crippen LogP contribution in [-0.2, 0) is 0 Å². The topological polar surface area (TPSA) is 45.4 Å². The standard InChI is InChI=1S/C13H20N4S/c1-9-4-5-15-13(11(9)12(14)18)17-7-6-16(3)10(2)8-17/h4-5,10H,6-8H2,1-3H3,(H2,14,18). The number of nitrogens with two attached hydrogens (primary N) is 1. The Labute approximate surface area is 114 Å². The van der Waals surface area contributed by atoms with Crippen molar-refractivity contribution < 1.29 is 0 Å². The lowest BCUT2D eigenvalue weighted by atomic mass is 10.1. The summed E-state index contributed by atoms with van der Waals surface area (Å²) in [4.78, 5) is 9.55. The normalized spacial score (nSPS) is 21.1. The summed E-state index contributed by atoms with van der Waals surface area (Å²) in [6.45, 7) is 7.21. The molecule has 0 radical (unpaired) electrons. The van der Waals surface area contributed by atoms with Crippen molar-refractivity contribution >= 4 is 23.0 Å². The fourth-order valence-electron chi connectivity index (χ4n) is 2.33. The predicted molar refractivity (Wildman–Crippen MR) is 79.2 cm³/mol. The van der Waals surface area contributed by atoms with Crippen LogP contribution in [0, 0.1) is 6.92 Å². The highest BCUT2D eigenvalue weighted by molar-refractivity contribution is 7.80. The van der Waals surface area contributed by atoms with Gasteiger partial charge in [-0.05, 0) is 32.5 Å². The van der Waals surface area contributed by atoms with E-state index >= 15 is 0 Å². The number of thiocarbonyl (C=S) groups is 1. The number of hydrogen-bond donors (Lipinski definition) is 1. The third-order valence-corrected chi connectivity index (χ3v) is 3.85. The highest BCUT2D eigenvalue weighted by Crippen LogP contribution is 2.23. The molecule has 0 amide bonds. The average Bonchev–Trinajstić information content (AvgIpc) is 2.32. The van der Waals surface area contributed by atoms with Gasteiger partial charge in [-0.15, -0.1) is 0 Å². The van der Waals surface area contributed by atoms with Crippen molar-refractivity contribution in [3.8, 4) is 0 Å². The molecule has 1 fully saturated rings. The van der Waals surface area contributed by atoms with Crippen LogP contribution in [0.3, 0.4) is 0 Å². The smallest absolute Gasteiger partial charge is 0.139 e. The van der Waals surface area contributed by atoms with Gasteiger partial charge in [0.1, 0.15) is 10.8 Å². The molecule has 0 bridgehead atoms. The first-order valence-electron chi connectivity index (χ1n) is 6.21. The maximum atomic E-state index is 5.84. The van der Waals surface area contributed by atoms with Crippen LogP contribution in [0.1, 0.15) is 18.1 Å². The van der Waals surface area contributed by atoms with Crippen LogP contribution in [0.5, 0.6) is 0 Å². The van der Waals surface area contributed by atoms with Gasteiger partial charge >= 0.3 is 0 Å². The van der Waals surface area contributed by atoms with Crippen LogP contribution in [0.15, 0.2) is 12.3 Å². The molecule has 1 saturated heterocycles. The Hall–Kier alpha value is -1.20. The summed E-state index contributed by atoms with van der Waals surface area (Å²) in [6, 6.07) is 2.47. The van der Waals surface area contributed by atoms with Crippen molar-refractivity contribution in [2.75, 3.05) is 31.6 Å². The number of nitrogens with zero attached hydrogens (tertiary/aromatic N) is 3. The first-order chi connectivity index (χ1) is 8.50. The summed E-state index contributed by atoms with van der Waals surface area (Å²) in [5, 5.41) is 0. The summed E-state index contributed by atoms with van der Waals surface area (Å²) < 4.78 is 0. The highest BCUT2D eigenvalue weighted by Gasteiger charge is 2.24. The molecule has 2 heterocycles. The SMILES string of the molecule is Cc1ccnc(N2CCN(C)C(C)C2)c1C(N)=S. The van der Waals surface area contributed by atoms with E-state index in [2.05, 4.69) is 28.8 Å². The third-order valence-electron chi connectivity index (χ3n) is 3.64. The van der Waals surface area contributed by atoms with E-state index in [-0.39, 0.29) is 0 Å². The fourth-order valence-corrected chi connectivity index (χ4v) is 2.58. The van der Waals surface area contributed by atoms with Crippen molar-refractivity contribution in [1.82, 2.24) is 9.88 Å². The molecule has 1 aromatic heterocycles. The summed E-state index contributed by atoms with van der Waals surface area (Å²) in [5.41, 5.74) is 7.86. The van der Waals surface area contributed by atoms with Crippen LogP contribution >= 0.6 is 12.2 Å². The molecule has 1 aliphatic rings. The molecule has 1 atom stereocenters. The van der Waals surface area contributed by atoms with Gasteiger partial charge in [0.25, 0.3) is 0 Å². The molecule has 0 aromatic carbocycles. The molecule has 18 heavy (non-hydrogen) atoms. The molecule has 98 valence electrons. The monoisotopic (exact) mass is 264 g/mol. The summed E-state index contributed by atoms with van der Waals surface area (Å²) in [6.07, 6.45) is 1.83. The van der Waals surface area contributed by atoms with Gasteiger partial charge in [0.15, 0.2) is 0 Å². The zero-order chi connectivity index (χ0) is 13.3. The van der Waals surface area contributed by atoms with Crippen LogP contribution in [0.2, 0.25) is 0 Å². The molecular formula is C13H20N4S. The summed E-state index contributed by atoms with van der Waals surface area (Å²) >= 11 is 5.16. The molecule has 0 saturated carbocycles. The number of pyridine rings is 1. The summed E-state index contributed by atoms with van der Waals surface area (Å²) in [5.74, 6) is 0.933. The quantitative estimate of drug-likeness (QED) is 0.812. The van der Waals surface area contributed by atoms with E-state index in [4.69, 9.17) is 18.0 Å². The number of hydrogen-bond acceptors (Lipinski definition) is 4. The highest BCUT2D eigenvalue weighted by atomic mass is 32.1. The van der Waals surface area contributed by atoms with Gasteiger partial charge in [-0.1, -0.05) is 12.2 Å². The Morgan fingerprint density at radius 1 is 1.50 bits per heavy atom. The van der Waals surface area contributed by atoms with Crippen molar-refractivity contribution in [2.45, 2.75) is 19.9 Å². The second-order valence-corrected chi connectivity index (χ2v) is 5.41. The summed E-state index contributed by atoms with van der Waals surface area (Å²) in [7, 11) is 2.15. The van der Waals surface area contributed by atoms with Gasteiger partial charge in [-0.3, -0.25) is 0 Å². The Kier molecular flexibility index (Phi) is 3.82. The number of aryl methyl sites for hydroxylation is 1. The molecule has 1 aliphatic heterocycles. The van der Waals surface area contributed by atoms with E-state index in [9.17, 15) is 0 Å². The molecule has 2 N–H and O–H groups in total. The molecular weight excluding hydrogens is 244 g/mol. The van der Waals surface area contributed by atoms with Gasteiger partial charge in [-0.2, -0.15) is 0 Å². The van der Waals surface area contributed by atoms with Gasteiger partial charge in [0, 0.05) is 31.9 Å². The molecule has 2 rings (SSSR count). The van der Waals surface area contributed by atoms with Crippen molar-refractivity contribution in [3.05, 3.63) is 23.4 Å². The molecule has 0 aliphatic carbocycles. The zero-order valence-corrected chi connectivity index (χ0v) is 12.0. The second kappa shape index (κ2) is 5.20. The van der Waals surface area contributed by atoms with Crippen molar-refractivity contribution in [1.29, 1.82) is 0 Å². The van der Waals surface area contributed by atoms with E-state index < -0.39 is 0 Å². The van der Waals surface area contributed by atoms with Gasteiger partial charge in [0.2, 0.25) is 0 Å². The minimum atomic E-state index is 0.433. The van der Waals surface area contributed by atoms with Crippen LogP contribution in [0.4, 0.5) is 5.82 Å². The minimum Gasteiger partial charge on any atom is -0.389 e. The minimum absolute atomic E-state index is 0.433. The number of aromatic nitrogens is 1. The Morgan fingerprint density at radius 3 is 2.83 bits per heavy atom. The van der Waals surface area contributed by atoms with Gasteiger partial charge in [0.05, 0.1) is 5.56 Å². The van der Waals surface area contributed by atoms with Crippen molar-refractivity contribution in [2.24, 2.45) is 5.73 Å². The van der Waals surface area contributed by atoms with E-state index in [1.165, 1.54) is 0 Å². The fraction of sp³-hybridized carbons (Fsp3) is 0.538. The van der Waals surface area contributed by atoms with Gasteiger partial charge in [-0.25, -0.2) is 4.98 Å². The lowest BCUT2D eigenvalue weighted by Gasteiger charge is -2.39. The van der Waals surface area contributed by atoms with Gasteiger partial charge < -0.3 is 15.5 Å². The van der Waals surface area contributed by atoms with E-state index in [0.29, 0.717) is 11.0 Å². The Bertz CT molecular complexity index is 460. The third kappa shape index (κ3) is 2.47. The number of likely N-dealkylation sites (N-methyl/N-ethyl adjacent to an activating group) is 1. The van der Waals surface area contributed by atoms with E-state index in [1.54, 1.807) is 0 Å². The lowest BCUT2D eigenvalue weighted by Crippen LogP contribution is -2.50. The molecule has 1 unspecified atom stereocenters. The van der Waals surface area contributed by atoms with E-state index in [1.807, 2.05) is 19.2 Å². The van der Waals surface area contributed by atoms with Crippen LogP contribution < -0.4 is 10.6 Å². The Balaban J connectivity index is 2.34. The number of piperazine rings is 1. The lowest BCUT2D eigenvalue weighted by molar-refractivity contribution is 0.233. The average molecular weight is 264 g/mol. The van der Waals surface area contributed by atoms with E-state index in [0.717, 1.165) is 36.6 Å². The first-order valence-corrected chi connectivity index (χ1v) is 6.62. The molecule has 5 heteroatoms. The molecule has 4 nitrogen and oxygen atoms in total. The largest absolute Gasteiger partial charge is 0.389 e. The molecule has 1 aromatic rings. The van der Waals surface area contributed by atoms with Crippen molar-refractivity contribution in [3.63, 3.8) is 0 Å². The number of anilines is 1. The van der Waals surface area contributed by atoms with Crippen LogP contribution in [0.25, 0.3) is 0 Å². The maximum absolute atomic E-state index is 5.84. The first kappa shape index (κ1) is 13.2. The molecule has 0 spiro atoms. The second-order valence-electron chi connectivity index (χ2n) is 4.97. The Morgan fingerprint density at radius 2 is 2.22 bits per heavy atom. The predicted octanol–water partition coefficient (Wildman–Crippen LogP) is 1.16.